The Morgan fingerprint density at radius 2 is 1.94 bits per heavy atom. The second-order valence-corrected chi connectivity index (χ2v) is 5.59. The Bertz CT molecular complexity index is 387. The number of anilines is 1. The lowest BCUT2D eigenvalue weighted by atomic mass is 10.1. The minimum atomic E-state index is 0.702. The smallest absolute Gasteiger partial charge is 0.0378 e. The molecular formula is C14H22BrN3. The minimum absolute atomic E-state index is 0.702. The van der Waals surface area contributed by atoms with Gasteiger partial charge in [0.1, 0.15) is 0 Å². The van der Waals surface area contributed by atoms with Crippen LogP contribution in [-0.2, 0) is 6.42 Å². The van der Waals surface area contributed by atoms with E-state index in [4.69, 9.17) is 5.73 Å². The third-order valence-corrected chi connectivity index (χ3v) is 4.37. The molecular weight excluding hydrogens is 290 g/mol. The van der Waals surface area contributed by atoms with E-state index >= 15 is 0 Å². The molecule has 0 bridgehead atoms. The van der Waals surface area contributed by atoms with E-state index in [0.717, 1.165) is 26.1 Å². The molecule has 1 fully saturated rings. The summed E-state index contributed by atoms with van der Waals surface area (Å²) in [6.07, 6.45) is 0.935. The number of halogens is 1. The number of nitrogens with two attached hydrogens (primary N) is 1. The van der Waals surface area contributed by atoms with E-state index in [-0.39, 0.29) is 0 Å². The van der Waals surface area contributed by atoms with E-state index in [2.05, 4.69) is 50.9 Å². The SMILES string of the molecule is CCN1CCN(c2ccc(CCN)c(Br)c2)CC1. The topological polar surface area (TPSA) is 32.5 Å². The van der Waals surface area contributed by atoms with Crippen LogP contribution in [0.2, 0.25) is 0 Å². The van der Waals surface area contributed by atoms with E-state index < -0.39 is 0 Å². The summed E-state index contributed by atoms with van der Waals surface area (Å²) in [5.74, 6) is 0. The van der Waals surface area contributed by atoms with Gasteiger partial charge in [0.15, 0.2) is 0 Å². The van der Waals surface area contributed by atoms with Gasteiger partial charge in [-0.3, -0.25) is 0 Å². The van der Waals surface area contributed by atoms with Crippen LogP contribution in [0.5, 0.6) is 0 Å². The predicted octanol–water partition coefficient (Wildman–Crippen LogP) is 2.09. The standard InChI is InChI=1S/C14H22BrN3/c1-2-17-7-9-18(10-8-17)13-4-3-12(5-6-16)14(15)11-13/h3-4,11H,2,5-10,16H2,1H3. The largest absolute Gasteiger partial charge is 0.369 e. The van der Waals surface area contributed by atoms with Crippen molar-refractivity contribution in [2.75, 3.05) is 44.2 Å². The summed E-state index contributed by atoms with van der Waals surface area (Å²) in [6.45, 7) is 8.67. The molecule has 4 heteroatoms. The molecule has 0 amide bonds. The number of nitrogens with zero attached hydrogens (tertiary/aromatic N) is 2. The second-order valence-electron chi connectivity index (χ2n) is 4.74. The van der Waals surface area contributed by atoms with Crippen molar-refractivity contribution < 1.29 is 0 Å². The fourth-order valence-corrected chi connectivity index (χ4v) is 2.98. The highest BCUT2D eigenvalue weighted by molar-refractivity contribution is 9.10. The van der Waals surface area contributed by atoms with Crippen molar-refractivity contribution in [1.82, 2.24) is 4.90 Å². The molecule has 0 radical (unpaired) electrons. The first-order valence-electron chi connectivity index (χ1n) is 6.70. The van der Waals surface area contributed by atoms with Crippen LogP contribution < -0.4 is 10.6 Å². The summed E-state index contributed by atoms with van der Waals surface area (Å²) in [6, 6.07) is 6.64. The van der Waals surface area contributed by atoms with Crippen LogP contribution in [0.1, 0.15) is 12.5 Å². The molecule has 0 saturated carbocycles. The number of hydrogen-bond acceptors (Lipinski definition) is 3. The Labute approximate surface area is 118 Å². The summed E-state index contributed by atoms with van der Waals surface area (Å²) < 4.78 is 1.18. The van der Waals surface area contributed by atoms with E-state index in [1.165, 1.54) is 28.8 Å². The number of rotatable bonds is 4. The van der Waals surface area contributed by atoms with E-state index in [9.17, 15) is 0 Å². The molecule has 1 aliphatic heterocycles. The van der Waals surface area contributed by atoms with Crippen LogP contribution in [-0.4, -0.2) is 44.2 Å². The Balaban J connectivity index is 2.03. The lowest BCUT2D eigenvalue weighted by molar-refractivity contribution is 0.271. The second kappa shape index (κ2) is 6.55. The van der Waals surface area contributed by atoms with Gasteiger partial charge in [0.25, 0.3) is 0 Å². The van der Waals surface area contributed by atoms with Crippen molar-refractivity contribution in [2.24, 2.45) is 5.73 Å². The lowest BCUT2D eigenvalue weighted by Crippen LogP contribution is -2.46. The highest BCUT2D eigenvalue weighted by atomic mass is 79.9. The molecule has 2 rings (SSSR count). The zero-order chi connectivity index (χ0) is 13.0. The van der Waals surface area contributed by atoms with Crippen molar-refractivity contribution in [3.05, 3.63) is 28.2 Å². The maximum absolute atomic E-state index is 5.60. The first-order valence-corrected chi connectivity index (χ1v) is 7.49. The van der Waals surface area contributed by atoms with Gasteiger partial charge < -0.3 is 15.5 Å². The Hall–Kier alpha value is -0.580. The summed E-state index contributed by atoms with van der Waals surface area (Å²) in [4.78, 5) is 4.96. The summed E-state index contributed by atoms with van der Waals surface area (Å²) in [5, 5.41) is 0. The number of benzene rings is 1. The Morgan fingerprint density at radius 3 is 2.50 bits per heavy atom. The fraction of sp³-hybridized carbons (Fsp3) is 0.571. The van der Waals surface area contributed by atoms with Crippen molar-refractivity contribution in [1.29, 1.82) is 0 Å². The molecule has 100 valence electrons. The maximum atomic E-state index is 5.60. The highest BCUT2D eigenvalue weighted by Gasteiger charge is 2.16. The Morgan fingerprint density at radius 1 is 1.22 bits per heavy atom. The molecule has 1 aromatic rings. The van der Waals surface area contributed by atoms with Crippen LogP contribution in [0.4, 0.5) is 5.69 Å². The summed E-state index contributed by atoms with van der Waals surface area (Å²) in [7, 11) is 0. The minimum Gasteiger partial charge on any atom is -0.369 e. The number of piperazine rings is 1. The monoisotopic (exact) mass is 311 g/mol. The fourth-order valence-electron chi connectivity index (χ4n) is 2.41. The molecule has 0 spiro atoms. The van der Waals surface area contributed by atoms with Gasteiger partial charge in [0, 0.05) is 36.3 Å². The first-order chi connectivity index (χ1) is 8.74. The molecule has 18 heavy (non-hydrogen) atoms. The van der Waals surface area contributed by atoms with Gasteiger partial charge in [0.05, 0.1) is 0 Å². The molecule has 0 aromatic heterocycles. The molecule has 0 aliphatic carbocycles. The van der Waals surface area contributed by atoms with Crippen molar-refractivity contribution in [2.45, 2.75) is 13.3 Å². The molecule has 1 saturated heterocycles. The van der Waals surface area contributed by atoms with Gasteiger partial charge in [0.2, 0.25) is 0 Å². The third kappa shape index (κ3) is 3.25. The van der Waals surface area contributed by atoms with Gasteiger partial charge in [-0.05, 0) is 37.2 Å². The zero-order valence-electron chi connectivity index (χ0n) is 11.0. The number of likely N-dealkylation sites (N-methyl/N-ethyl adjacent to an activating group) is 1. The van der Waals surface area contributed by atoms with Crippen molar-refractivity contribution in [3.63, 3.8) is 0 Å². The van der Waals surface area contributed by atoms with E-state index in [0.29, 0.717) is 6.54 Å². The molecule has 0 unspecified atom stereocenters. The average Bonchev–Trinajstić information content (AvgIpc) is 2.41. The van der Waals surface area contributed by atoms with Gasteiger partial charge in [-0.2, -0.15) is 0 Å². The predicted molar refractivity (Wildman–Crippen MR) is 81.2 cm³/mol. The lowest BCUT2D eigenvalue weighted by Gasteiger charge is -2.35. The summed E-state index contributed by atoms with van der Waals surface area (Å²) in [5.41, 5.74) is 8.22. The van der Waals surface area contributed by atoms with Crippen LogP contribution in [0.15, 0.2) is 22.7 Å². The third-order valence-electron chi connectivity index (χ3n) is 3.63. The van der Waals surface area contributed by atoms with Crippen LogP contribution >= 0.6 is 15.9 Å². The van der Waals surface area contributed by atoms with Gasteiger partial charge in [-0.15, -0.1) is 0 Å². The van der Waals surface area contributed by atoms with Gasteiger partial charge in [-0.1, -0.05) is 28.9 Å². The quantitative estimate of drug-likeness (QED) is 0.924. The molecule has 0 atom stereocenters. The first kappa shape index (κ1) is 13.8. The van der Waals surface area contributed by atoms with Crippen LogP contribution in [0, 0.1) is 0 Å². The molecule has 1 heterocycles. The molecule has 1 aromatic carbocycles. The van der Waals surface area contributed by atoms with Gasteiger partial charge >= 0.3 is 0 Å². The van der Waals surface area contributed by atoms with Crippen molar-refractivity contribution >= 4 is 21.6 Å². The van der Waals surface area contributed by atoms with Crippen molar-refractivity contribution in [3.8, 4) is 0 Å². The van der Waals surface area contributed by atoms with Crippen LogP contribution in [0.25, 0.3) is 0 Å². The summed E-state index contributed by atoms with van der Waals surface area (Å²) >= 11 is 3.65. The Kier molecular flexibility index (Phi) is 5.03. The zero-order valence-corrected chi connectivity index (χ0v) is 12.6. The highest BCUT2D eigenvalue weighted by Crippen LogP contribution is 2.25. The normalized spacial score (nSPS) is 17.2. The van der Waals surface area contributed by atoms with Crippen LogP contribution in [0.3, 0.4) is 0 Å². The van der Waals surface area contributed by atoms with Gasteiger partial charge in [-0.25, -0.2) is 0 Å². The van der Waals surface area contributed by atoms with E-state index in [1.54, 1.807) is 0 Å². The molecule has 3 nitrogen and oxygen atoms in total. The van der Waals surface area contributed by atoms with E-state index in [1.807, 2.05) is 0 Å². The number of hydrogen-bond donors (Lipinski definition) is 1. The molecule has 1 aliphatic rings. The molecule has 2 N–H and O–H groups in total. The average molecular weight is 312 g/mol. The maximum Gasteiger partial charge on any atom is 0.0378 e.